The highest BCUT2D eigenvalue weighted by molar-refractivity contribution is 6.08. The van der Waals surface area contributed by atoms with Gasteiger partial charge in [-0.3, -0.25) is 24.0 Å². The monoisotopic (exact) mass is 432 g/mol. The Kier molecular flexibility index (Phi) is 4.66. The largest absolute Gasteiger partial charge is 0.348 e. The zero-order valence-electron chi connectivity index (χ0n) is 18.1. The van der Waals surface area contributed by atoms with E-state index >= 15 is 0 Å². The molecule has 166 valence electrons. The molecule has 2 saturated carbocycles. The summed E-state index contributed by atoms with van der Waals surface area (Å²) >= 11 is 0. The molecule has 6 rings (SSSR count). The molecule has 3 aliphatic carbocycles. The summed E-state index contributed by atoms with van der Waals surface area (Å²) in [6, 6.07) is 10.1. The van der Waals surface area contributed by atoms with E-state index in [-0.39, 0.29) is 42.1 Å². The molecule has 1 saturated heterocycles. The van der Waals surface area contributed by atoms with Crippen molar-refractivity contribution in [1.29, 1.82) is 0 Å². The van der Waals surface area contributed by atoms with Crippen molar-refractivity contribution in [2.75, 3.05) is 6.54 Å². The van der Waals surface area contributed by atoms with Crippen LogP contribution in [0.5, 0.6) is 0 Å². The Hall–Kier alpha value is -2.96. The fraction of sp³-hybridized carbons (Fsp3) is 0.520. The summed E-state index contributed by atoms with van der Waals surface area (Å²) < 4.78 is 2.02. The van der Waals surface area contributed by atoms with Gasteiger partial charge < -0.3 is 5.32 Å². The normalized spacial score (nSPS) is 30.5. The predicted molar refractivity (Wildman–Crippen MR) is 116 cm³/mol. The minimum absolute atomic E-state index is 0.123. The van der Waals surface area contributed by atoms with Crippen molar-refractivity contribution in [3.63, 3.8) is 0 Å². The van der Waals surface area contributed by atoms with Crippen LogP contribution in [0.4, 0.5) is 0 Å². The first-order chi connectivity index (χ1) is 15.6. The van der Waals surface area contributed by atoms with Crippen molar-refractivity contribution in [1.82, 2.24) is 20.0 Å². The lowest BCUT2D eigenvalue weighted by Gasteiger charge is -2.25. The van der Waals surface area contributed by atoms with Crippen LogP contribution in [0, 0.1) is 23.7 Å². The number of rotatable bonds is 5. The first-order valence-electron chi connectivity index (χ1n) is 11.8. The highest BCUT2D eigenvalue weighted by atomic mass is 16.2. The molecule has 2 bridgehead atoms. The summed E-state index contributed by atoms with van der Waals surface area (Å²) in [7, 11) is 0. The van der Waals surface area contributed by atoms with Gasteiger partial charge in [0, 0.05) is 11.3 Å². The number of fused-ring (bicyclic) bond motifs is 6. The van der Waals surface area contributed by atoms with Crippen LogP contribution in [-0.2, 0) is 27.3 Å². The van der Waals surface area contributed by atoms with Gasteiger partial charge in [0.1, 0.15) is 6.54 Å². The molecule has 0 radical (unpaired) electrons. The molecule has 32 heavy (non-hydrogen) atoms. The topological polar surface area (TPSA) is 84.3 Å². The Morgan fingerprint density at radius 3 is 2.47 bits per heavy atom. The van der Waals surface area contributed by atoms with E-state index in [1.807, 2.05) is 29.1 Å². The first kappa shape index (κ1) is 19.7. The van der Waals surface area contributed by atoms with E-state index in [9.17, 15) is 14.4 Å². The Labute approximate surface area is 187 Å². The molecule has 7 nitrogen and oxygen atoms in total. The van der Waals surface area contributed by atoms with E-state index in [0.717, 1.165) is 49.8 Å². The SMILES string of the molecule is O=C(CN1C(=O)[C@@H]2[C@H]3CC[C@@H](C3)[C@H]2C1=O)N[C@@H]1CCCc2c1cnn2Cc1ccccc1. The van der Waals surface area contributed by atoms with E-state index in [0.29, 0.717) is 18.4 Å². The van der Waals surface area contributed by atoms with Gasteiger partial charge in [0.05, 0.1) is 30.6 Å². The van der Waals surface area contributed by atoms with Crippen molar-refractivity contribution < 1.29 is 14.4 Å². The molecule has 4 aliphatic rings. The summed E-state index contributed by atoms with van der Waals surface area (Å²) in [5, 5.41) is 7.67. The number of carbonyl (C=O) groups excluding carboxylic acids is 3. The zero-order chi connectivity index (χ0) is 21.8. The number of nitrogens with one attached hydrogen (secondary N) is 1. The second-order valence-corrected chi connectivity index (χ2v) is 9.85. The maximum absolute atomic E-state index is 12.9. The molecule has 1 aromatic carbocycles. The molecular formula is C25H28N4O3. The van der Waals surface area contributed by atoms with E-state index < -0.39 is 0 Å². The lowest BCUT2D eigenvalue weighted by atomic mass is 9.81. The number of nitrogens with zero attached hydrogens (tertiary/aromatic N) is 3. The zero-order valence-corrected chi connectivity index (χ0v) is 18.1. The number of imide groups is 1. The number of carbonyl (C=O) groups is 3. The summed E-state index contributed by atoms with van der Waals surface area (Å²) in [5.74, 6) is -0.174. The van der Waals surface area contributed by atoms with Crippen LogP contribution in [0.2, 0.25) is 0 Å². The molecular weight excluding hydrogens is 404 g/mol. The second kappa shape index (κ2) is 7.57. The fourth-order valence-electron chi connectivity index (χ4n) is 6.67. The van der Waals surface area contributed by atoms with Gasteiger partial charge in [-0.2, -0.15) is 5.10 Å². The number of likely N-dealkylation sites (tertiary alicyclic amines) is 1. The molecule has 3 fully saturated rings. The van der Waals surface area contributed by atoms with Crippen molar-refractivity contribution in [2.45, 2.75) is 51.1 Å². The summed E-state index contributed by atoms with van der Waals surface area (Å²) in [5.41, 5.74) is 3.40. The number of amides is 3. The molecule has 1 aromatic heterocycles. The van der Waals surface area contributed by atoms with Gasteiger partial charge >= 0.3 is 0 Å². The quantitative estimate of drug-likeness (QED) is 0.736. The van der Waals surface area contributed by atoms with Crippen LogP contribution in [0.15, 0.2) is 36.5 Å². The molecule has 7 heteroatoms. The van der Waals surface area contributed by atoms with Gasteiger partial charge in [-0.25, -0.2) is 0 Å². The van der Waals surface area contributed by atoms with Crippen molar-refractivity contribution in [2.24, 2.45) is 23.7 Å². The number of aromatic nitrogens is 2. The van der Waals surface area contributed by atoms with Gasteiger partial charge in [-0.1, -0.05) is 30.3 Å². The number of hydrogen-bond donors (Lipinski definition) is 1. The molecule has 0 spiro atoms. The van der Waals surface area contributed by atoms with E-state index in [4.69, 9.17) is 0 Å². The summed E-state index contributed by atoms with van der Waals surface area (Å²) in [6.07, 6.45) is 7.69. The van der Waals surface area contributed by atoms with E-state index in [1.54, 1.807) is 0 Å². The Balaban J connectivity index is 1.14. The summed E-state index contributed by atoms with van der Waals surface area (Å²) in [4.78, 5) is 39.9. The third kappa shape index (κ3) is 3.09. The van der Waals surface area contributed by atoms with Crippen molar-refractivity contribution in [3.8, 4) is 0 Å². The Morgan fingerprint density at radius 1 is 1.03 bits per heavy atom. The van der Waals surface area contributed by atoms with Gasteiger partial charge in [0.15, 0.2) is 0 Å². The van der Waals surface area contributed by atoms with Gasteiger partial charge in [-0.15, -0.1) is 0 Å². The highest BCUT2D eigenvalue weighted by Crippen LogP contribution is 2.56. The molecule has 2 heterocycles. The maximum atomic E-state index is 12.9. The first-order valence-corrected chi connectivity index (χ1v) is 11.8. The number of hydrogen-bond acceptors (Lipinski definition) is 4. The van der Waals surface area contributed by atoms with Gasteiger partial charge in [0.25, 0.3) is 0 Å². The Bertz CT molecular complexity index is 1050. The average molecular weight is 433 g/mol. The molecule has 3 amide bonds. The van der Waals surface area contributed by atoms with Gasteiger partial charge in [-0.05, 0) is 55.9 Å². The lowest BCUT2D eigenvalue weighted by molar-refractivity contribution is -0.144. The van der Waals surface area contributed by atoms with E-state index in [2.05, 4.69) is 22.5 Å². The van der Waals surface area contributed by atoms with E-state index in [1.165, 1.54) is 10.5 Å². The van der Waals surface area contributed by atoms with Crippen molar-refractivity contribution in [3.05, 3.63) is 53.3 Å². The Morgan fingerprint density at radius 2 is 1.75 bits per heavy atom. The molecule has 1 N–H and O–H groups in total. The second-order valence-electron chi connectivity index (χ2n) is 9.85. The standard InChI is InChI=1S/C25H28N4O3/c30-21(14-28-24(31)22-16-9-10-17(11-16)23(22)25(28)32)27-19-7-4-8-20-18(19)12-26-29(20)13-15-5-2-1-3-6-15/h1-3,5-6,12,16-17,19,22-23H,4,7-11,13-14H2,(H,27,30)/t16-,17-,19+,22+,23+/m0/s1. The average Bonchev–Trinajstić information content (AvgIpc) is 3.56. The van der Waals surface area contributed by atoms with Crippen LogP contribution in [-0.4, -0.2) is 38.9 Å². The lowest BCUT2D eigenvalue weighted by Crippen LogP contribution is -2.43. The minimum Gasteiger partial charge on any atom is -0.348 e. The third-order valence-electron chi connectivity index (χ3n) is 8.09. The molecule has 1 aliphatic heterocycles. The summed E-state index contributed by atoms with van der Waals surface area (Å²) in [6.45, 7) is 0.548. The van der Waals surface area contributed by atoms with Crippen LogP contribution < -0.4 is 5.32 Å². The minimum atomic E-state index is -0.257. The maximum Gasteiger partial charge on any atom is 0.240 e. The predicted octanol–water partition coefficient (Wildman–Crippen LogP) is 2.46. The smallest absolute Gasteiger partial charge is 0.240 e. The van der Waals surface area contributed by atoms with Crippen LogP contribution in [0.25, 0.3) is 0 Å². The highest BCUT2D eigenvalue weighted by Gasteiger charge is 2.61. The van der Waals surface area contributed by atoms with Crippen LogP contribution >= 0.6 is 0 Å². The van der Waals surface area contributed by atoms with Gasteiger partial charge in [0.2, 0.25) is 17.7 Å². The molecule has 2 aromatic rings. The fourth-order valence-corrected chi connectivity index (χ4v) is 6.67. The third-order valence-corrected chi connectivity index (χ3v) is 8.09. The molecule has 5 atom stereocenters. The number of benzene rings is 1. The van der Waals surface area contributed by atoms with Crippen molar-refractivity contribution >= 4 is 17.7 Å². The van der Waals surface area contributed by atoms with Crippen LogP contribution in [0.3, 0.4) is 0 Å². The molecule has 0 unspecified atom stereocenters. The van der Waals surface area contributed by atoms with Crippen LogP contribution in [0.1, 0.15) is 55.0 Å².